The molecule has 1 saturated heterocycles. The highest BCUT2D eigenvalue weighted by Gasteiger charge is 2.27. The normalized spacial score (nSPS) is 22.5. The Morgan fingerprint density at radius 1 is 1.40 bits per heavy atom. The van der Waals surface area contributed by atoms with Crippen LogP contribution in [0.15, 0.2) is 39.7 Å². The van der Waals surface area contributed by atoms with E-state index in [2.05, 4.69) is 41.3 Å². The van der Waals surface area contributed by atoms with Crippen molar-refractivity contribution in [3.05, 3.63) is 34.7 Å². The number of amides is 1. The minimum absolute atomic E-state index is 0.0459. The quantitative estimate of drug-likeness (QED) is 0.639. The molecule has 0 saturated carbocycles. The molecule has 0 aromatic carbocycles. The zero-order valence-corrected chi connectivity index (χ0v) is 17.9. The summed E-state index contributed by atoms with van der Waals surface area (Å²) in [5.74, 6) is 0.793. The fraction of sp³-hybridized carbons (Fsp3) is 0.600. The van der Waals surface area contributed by atoms with Crippen LogP contribution in [0.3, 0.4) is 0 Å². The fourth-order valence-electron chi connectivity index (χ4n) is 3.07. The van der Waals surface area contributed by atoms with Crippen LogP contribution in [0.25, 0.3) is 0 Å². The first-order valence-corrected chi connectivity index (χ1v) is 10.1. The van der Waals surface area contributed by atoms with Gasteiger partial charge in [-0.3, -0.25) is 4.79 Å². The summed E-state index contributed by atoms with van der Waals surface area (Å²) in [5.41, 5.74) is 1.62. The van der Waals surface area contributed by atoms with Crippen LogP contribution in [0.5, 0.6) is 0 Å². The van der Waals surface area contributed by atoms with Crippen molar-refractivity contribution in [1.29, 1.82) is 0 Å². The molecule has 5 heteroatoms. The van der Waals surface area contributed by atoms with E-state index in [4.69, 9.17) is 0 Å². The van der Waals surface area contributed by atoms with Crippen molar-refractivity contribution in [2.45, 2.75) is 65.8 Å². The van der Waals surface area contributed by atoms with E-state index in [-0.39, 0.29) is 11.9 Å². The highest BCUT2D eigenvalue weighted by molar-refractivity contribution is 9.11. The zero-order valence-electron chi connectivity index (χ0n) is 16.3. The van der Waals surface area contributed by atoms with Crippen LogP contribution in [0.2, 0.25) is 0 Å². The van der Waals surface area contributed by atoms with E-state index >= 15 is 0 Å². The summed E-state index contributed by atoms with van der Waals surface area (Å²) in [6.45, 7) is 12.9. The van der Waals surface area contributed by atoms with Crippen molar-refractivity contribution < 1.29 is 4.79 Å². The molecule has 2 aliphatic heterocycles. The monoisotopic (exact) mass is 409 g/mol. The van der Waals surface area contributed by atoms with Crippen LogP contribution >= 0.6 is 15.9 Å². The Labute approximate surface area is 161 Å². The van der Waals surface area contributed by atoms with Gasteiger partial charge in [0.2, 0.25) is 0 Å². The molecule has 25 heavy (non-hydrogen) atoms. The van der Waals surface area contributed by atoms with Gasteiger partial charge in [-0.1, -0.05) is 56.1 Å². The first-order valence-electron chi connectivity index (χ1n) is 9.34. The Bertz CT molecular complexity index is 577. The average Bonchev–Trinajstić information content (AvgIpc) is 2.82. The van der Waals surface area contributed by atoms with Crippen molar-refractivity contribution >= 4 is 27.5 Å². The zero-order chi connectivity index (χ0) is 19.0. The Hall–Kier alpha value is -1.36. The summed E-state index contributed by atoms with van der Waals surface area (Å²) in [6, 6.07) is 0.282. The second kappa shape index (κ2) is 10.6. The molecule has 1 unspecified atom stereocenters. The minimum atomic E-state index is 0.0459. The molecule has 0 radical (unpaired) electrons. The third kappa shape index (κ3) is 5.84. The molecule has 0 bridgehead atoms. The lowest BCUT2D eigenvalue weighted by atomic mass is 10.1. The molecule has 0 N–H and O–H groups in total. The number of halogens is 1. The topological polar surface area (TPSA) is 35.9 Å². The van der Waals surface area contributed by atoms with Gasteiger partial charge in [-0.15, -0.1) is 0 Å². The van der Waals surface area contributed by atoms with E-state index in [0.29, 0.717) is 5.71 Å². The Morgan fingerprint density at radius 2 is 2.08 bits per heavy atom. The highest BCUT2D eigenvalue weighted by Crippen LogP contribution is 2.24. The highest BCUT2D eigenvalue weighted by atomic mass is 79.9. The Morgan fingerprint density at radius 3 is 2.68 bits per heavy atom. The number of carbonyl (C=O) groups excluding carboxylic acids is 1. The van der Waals surface area contributed by atoms with Crippen LogP contribution < -0.4 is 0 Å². The number of hydrogen-bond acceptors (Lipinski definition) is 3. The molecule has 140 valence electrons. The molecule has 2 rings (SSSR count). The van der Waals surface area contributed by atoms with Crippen molar-refractivity contribution in [2.75, 3.05) is 13.6 Å². The van der Waals surface area contributed by atoms with Gasteiger partial charge < -0.3 is 9.80 Å². The molecule has 1 atom stereocenters. The number of carbonyl (C=O) groups is 1. The predicted octanol–water partition coefficient (Wildman–Crippen LogP) is 5.23. The van der Waals surface area contributed by atoms with E-state index in [1.54, 1.807) is 0 Å². The summed E-state index contributed by atoms with van der Waals surface area (Å²) in [7, 11) is 1.97. The summed E-state index contributed by atoms with van der Waals surface area (Å²) >= 11 is 3.35. The number of rotatable bonds is 3. The smallest absolute Gasteiger partial charge is 0.272 e. The number of nitrogens with zero attached hydrogens (tertiary/aromatic N) is 3. The SMILES string of the molecule is C=C(Br)/C=C1/N=C(C(=O)N2CCCCCC2C)C=C(CC)N1C.CC. The third-order valence-electron chi connectivity index (χ3n) is 4.49. The van der Waals surface area contributed by atoms with E-state index in [9.17, 15) is 4.79 Å². The van der Waals surface area contributed by atoms with Crippen LogP contribution in [0, 0.1) is 0 Å². The van der Waals surface area contributed by atoms with Crippen LogP contribution in [-0.2, 0) is 4.79 Å². The molecule has 0 aromatic heterocycles. The van der Waals surface area contributed by atoms with Crippen LogP contribution in [0.4, 0.5) is 0 Å². The van der Waals surface area contributed by atoms with Gasteiger partial charge in [0.05, 0.1) is 0 Å². The van der Waals surface area contributed by atoms with Gasteiger partial charge in [0.25, 0.3) is 5.91 Å². The molecule has 1 amide bonds. The fourth-order valence-corrected chi connectivity index (χ4v) is 3.28. The van der Waals surface area contributed by atoms with Gasteiger partial charge in [0, 0.05) is 29.8 Å². The van der Waals surface area contributed by atoms with E-state index in [0.717, 1.165) is 41.8 Å². The standard InChI is InChI=1S/C18H26BrN3O.C2H6/c1-5-15-12-16(20-17(21(15)4)11-13(2)19)18(23)22-10-8-6-7-9-14(22)3;1-2/h11-12,14H,2,5-10H2,1,3-4H3;1-2H3/b17-11-;. The molecule has 4 nitrogen and oxygen atoms in total. The maximum absolute atomic E-state index is 13.0. The van der Waals surface area contributed by atoms with Crippen molar-refractivity contribution in [3.8, 4) is 0 Å². The summed E-state index contributed by atoms with van der Waals surface area (Å²) in [6.07, 6.45) is 9.18. The molecule has 0 aromatic rings. The molecule has 0 spiro atoms. The first kappa shape index (κ1) is 21.7. The summed E-state index contributed by atoms with van der Waals surface area (Å²) in [5, 5.41) is 0. The third-order valence-corrected chi connectivity index (χ3v) is 4.72. The average molecular weight is 410 g/mol. The summed E-state index contributed by atoms with van der Waals surface area (Å²) < 4.78 is 0.746. The summed E-state index contributed by atoms with van der Waals surface area (Å²) in [4.78, 5) is 21.6. The van der Waals surface area contributed by atoms with Gasteiger partial charge in [0.15, 0.2) is 0 Å². The molecular formula is C20H32BrN3O. The Kier molecular flexibility index (Phi) is 9.19. The predicted molar refractivity (Wildman–Crippen MR) is 111 cm³/mol. The number of likely N-dealkylation sites (tertiary alicyclic amines) is 1. The maximum atomic E-state index is 13.0. The first-order chi connectivity index (χ1) is 11.9. The van der Waals surface area contributed by atoms with Gasteiger partial charge in [-0.25, -0.2) is 4.99 Å². The van der Waals surface area contributed by atoms with Crippen molar-refractivity contribution in [3.63, 3.8) is 0 Å². The van der Waals surface area contributed by atoms with Crippen LogP contribution in [-0.4, -0.2) is 41.1 Å². The second-order valence-corrected chi connectivity index (χ2v) is 7.21. The molecule has 0 aliphatic carbocycles. The number of aliphatic imine (C=N–C) groups is 1. The van der Waals surface area contributed by atoms with E-state index in [1.165, 1.54) is 12.8 Å². The Balaban J connectivity index is 0.00000151. The van der Waals surface area contributed by atoms with Crippen molar-refractivity contribution in [1.82, 2.24) is 9.80 Å². The van der Waals surface area contributed by atoms with Crippen molar-refractivity contribution in [2.24, 2.45) is 4.99 Å². The lowest BCUT2D eigenvalue weighted by Gasteiger charge is -2.31. The molecule has 2 aliphatic rings. The minimum Gasteiger partial charge on any atom is -0.335 e. The van der Waals surface area contributed by atoms with Crippen LogP contribution in [0.1, 0.15) is 59.8 Å². The molecular weight excluding hydrogens is 378 g/mol. The van der Waals surface area contributed by atoms with Gasteiger partial charge in [-0.2, -0.15) is 0 Å². The van der Waals surface area contributed by atoms with E-state index < -0.39 is 0 Å². The number of hydrogen-bond donors (Lipinski definition) is 0. The van der Waals surface area contributed by atoms with E-state index in [1.807, 2.05) is 42.8 Å². The second-order valence-electron chi connectivity index (χ2n) is 6.19. The van der Waals surface area contributed by atoms with Gasteiger partial charge >= 0.3 is 0 Å². The molecule has 2 heterocycles. The van der Waals surface area contributed by atoms with Gasteiger partial charge in [0.1, 0.15) is 11.5 Å². The largest absolute Gasteiger partial charge is 0.335 e. The molecule has 1 fully saturated rings. The number of allylic oxidation sites excluding steroid dienone is 3. The van der Waals surface area contributed by atoms with Gasteiger partial charge in [-0.05, 0) is 38.3 Å². The maximum Gasteiger partial charge on any atom is 0.272 e. The lowest BCUT2D eigenvalue weighted by molar-refractivity contribution is -0.125. The lowest BCUT2D eigenvalue weighted by Crippen LogP contribution is -2.43.